The van der Waals surface area contributed by atoms with E-state index in [1.54, 1.807) is 12.1 Å². The van der Waals surface area contributed by atoms with Crippen LogP contribution < -0.4 is 5.32 Å². The summed E-state index contributed by atoms with van der Waals surface area (Å²) in [6, 6.07) is 6.76. The summed E-state index contributed by atoms with van der Waals surface area (Å²) in [5, 5.41) is 3.45. The number of nitrogens with zero attached hydrogens (tertiary/aromatic N) is 1. The summed E-state index contributed by atoms with van der Waals surface area (Å²) in [5.74, 6) is 1.25. The van der Waals surface area contributed by atoms with Gasteiger partial charge in [-0.1, -0.05) is 25.1 Å². The first kappa shape index (κ1) is 18.2. The van der Waals surface area contributed by atoms with Gasteiger partial charge in [-0.25, -0.2) is 4.39 Å². The van der Waals surface area contributed by atoms with Crippen LogP contribution >= 0.6 is 12.4 Å². The zero-order chi connectivity index (χ0) is 15.5. The van der Waals surface area contributed by atoms with Crippen LogP contribution in [0.3, 0.4) is 0 Å². The van der Waals surface area contributed by atoms with Gasteiger partial charge in [-0.15, -0.1) is 12.4 Å². The lowest BCUT2D eigenvalue weighted by Crippen LogP contribution is -2.37. The van der Waals surface area contributed by atoms with Crippen molar-refractivity contribution in [1.29, 1.82) is 0 Å². The molecule has 0 spiro atoms. The van der Waals surface area contributed by atoms with Gasteiger partial charge in [0.25, 0.3) is 0 Å². The monoisotopic (exact) mass is 340 g/mol. The molecule has 3 atom stereocenters. The van der Waals surface area contributed by atoms with E-state index in [0.29, 0.717) is 12.0 Å². The van der Waals surface area contributed by atoms with Crippen molar-refractivity contribution < 1.29 is 9.18 Å². The highest BCUT2D eigenvalue weighted by Gasteiger charge is 2.32. The van der Waals surface area contributed by atoms with Crippen molar-refractivity contribution in [3.8, 4) is 0 Å². The first-order valence-electron chi connectivity index (χ1n) is 8.38. The van der Waals surface area contributed by atoms with Gasteiger partial charge in [-0.3, -0.25) is 4.79 Å². The number of nitrogens with one attached hydrogen (secondary N) is 1. The third kappa shape index (κ3) is 4.24. The van der Waals surface area contributed by atoms with Crippen molar-refractivity contribution in [1.82, 2.24) is 10.2 Å². The first-order valence-corrected chi connectivity index (χ1v) is 8.38. The third-order valence-corrected chi connectivity index (χ3v) is 5.24. The number of likely N-dealkylation sites (tertiary alicyclic amines) is 1. The molecule has 2 heterocycles. The maximum Gasteiger partial charge on any atom is 0.225 e. The summed E-state index contributed by atoms with van der Waals surface area (Å²) < 4.78 is 13.7. The number of amides is 1. The Labute approximate surface area is 144 Å². The number of hydrogen-bond acceptors (Lipinski definition) is 2. The van der Waals surface area contributed by atoms with E-state index in [1.165, 1.54) is 6.07 Å². The molecular weight excluding hydrogens is 315 g/mol. The molecule has 0 saturated carbocycles. The number of fused-ring (bicyclic) bond motifs is 1. The summed E-state index contributed by atoms with van der Waals surface area (Å²) in [7, 11) is 0. The highest BCUT2D eigenvalue weighted by atomic mass is 35.5. The van der Waals surface area contributed by atoms with E-state index in [-0.39, 0.29) is 30.0 Å². The highest BCUT2D eigenvalue weighted by molar-refractivity contribution is 5.85. The Morgan fingerprint density at radius 1 is 1.26 bits per heavy atom. The predicted octanol–water partition coefficient (Wildman–Crippen LogP) is 2.88. The van der Waals surface area contributed by atoms with Crippen LogP contribution in [-0.4, -0.2) is 37.0 Å². The second kappa shape index (κ2) is 8.11. The molecule has 128 valence electrons. The Balaban J connectivity index is 0.00000192. The van der Waals surface area contributed by atoms with E-state index in [0.717, 1.165) is 50.9 Å². The largest absolute Gasteiger partial charge is 0.342 e. The molecule has 5 heteroatoms. The predicted molar refractivity (Wildman–Crippen MR) is 92.2 cm³/mol. The SMILES string of the molecule is CC(Cc1ccccc1F)C(=O)N1CC[C@@H]2CNC[C@@H]2CC1.Cl. The fourth-order valence-corrected chi connectivity index (χ4v) is 3.83. The summed E-state index contributed by atoms with van der Waals surface area (Å²) >= 11 is 0. The third-order valence-electron chi connectivity index (χ3n) is 5.24. The van der Waals surface area contributed by atoms with E-state index < -0.39 is 0 Å². The van der Waals surface area contributed by atoms with Crippen molar-refractivity contribution >= 4 is 18.3 Å². The minimum Gasteiger partial charge on any atom is -0.342 e. The molecule has 23 heavy (non-hydrogen) atoms. The minimum absolute atomic E-state index is 0. The molecule has 0 bridgehead atoms. The van der Waals surface area contributed by atoms with E-state index in [4.69, 9.17) is 0 Å². The van der Waals surface area contributed by atoms with E-state index >= 15 is 0 Å². The lowest BCUT2D eigenvalue weighted by atomic mass is 9.92. The van der Waals surface area contributed by atoms with Crippen LogP contribution in [0.5, 0.6) is 0 Å². The Bertz CT molecular complexity index is 526. The van der Waals surface area contributed by atoms with Gasteiger partial charge in [-0.2, -0.15) is 0 Å². The smallest absolute Gasteiger partial charge is 0.225 e. The lowest BCUT2D eigenvalue weighted by Gasteiger charge is -2.24. The normalized spacial score (nSPS) is 25.2. The van der Waals surface area contributed by atoms with Gasteiger partial charge in [0.1, 0.15) is 5.82 Å². The quantitative estimate of drug-likeness (QED) is 0.917. The molecule has 3 rings (SSSR count). The fourth-order valence-electron chi connectivity index (χ4n) is 3.83. The van der Waals surface area contributed by atoms with Gasteiger partial charge in [0.15, 0.2) is 0 Å². The van der Waals surface area contributed by atoms with Crippen LogP contribution in [0.15, 0.2) is 24.3 Å². The number of halogens is 2. The van der Waals surface area contributed by atoms with Crippen molar-refractivity contribution in [2.75, 3.05) is 26.2 Å². The maximum atomic E-state index is 13.7. The summed E-state index contributed by atoms with van der Waals surface area (Å²) in [5.41, 5.74) is 0.638. The molecule has 1 amide bonds. The number of benzene rings is 1. The highest BCUT2D eigenvalue weighted by Crippen LogP contribution is 2.28. The molecule has 2 fully saturated rings. The van der Waals surface area contributed by atoms with Gasteiger partial charge in [0.2, 0.25) is 5.91 Å². The number of rotatable bonds is 3. The number of carbonyl (C=O) groups excluding carboxylic acids is 1. The van der Waals surface area contributed by atoms with Crippen LogP contribution in [0, 0.1) is 23.6 Å². The topological polar surface area (TPSA) is 32.3 Å². The van der Waals surface area contributed by atoms with Gasteiger partial charge in [0, 0.05) is 19.0 Å². The number of hydrogen-bond donors (Lipinski definition) is 1. The first-order chi connectivity index (χ1) is 10.6. The fraction of sp³-hybridized carbons (Fsp3) is 0.611. The lowest BCUT2D eigenvalue weighted by molar-refractivity contribution is -0.135. The van der Waals surface area contributed by atoms with Gasteiger partial charge < -0.3 is 10.2 Å². The molecule has 2 saturated heterocycles. The summed E-state index contributed by atoms with van der Waals surface area (Å²) in [6.07, 6.45) is 2.67. The molecule has 1 unspecified atom stereocenters. The van der Waals surface area contributed by atoms with E-state index in [1.807, 2.05) is 17.9 Å². The number of carbonyl (C=O) groups is 1. The van der Waals surface area contributed by atoms with Crippen LogP contribution in [0.2, 0.25) is 0 Å². The van der Waals surface area contributed by atoms with Crippen LogP contribution in [0.25, 0.3) is 0 Å². The van der Waals surface area contributed by atoms with Crippen molar-refractivity contribution in [3.63, 3.8) is 0 Å². The standard InChI is InChI=1S/C18H25FN2O.ClH/c1-13(10-14-4-2-3-5-17(14)19)18(22)21-8-6-15-11-20-12-16(15)7-9-21;/h2-5,13,15-16,20H,6-12H2,1H3;1H/t13?,15-,16+;. The molecule has 1 aromatic carbocycles. The minimum atomic E-state index is -0.210. The molecule has 0 aromatic heterocycles. The zero-order valence-corrected chi connectivity index (χ0v) is 14.4. The Morgan fingerprint density at radius 3 is 2.48 bits per heavy atom. The van der Waals surface area contributed by atoms with Gasteiger partial charge in [0.05, 0.1) is 0 Å². The maximum absolute atomic E-state index is 13.7. The van der Waals surface area contributed by atoms with E-state index in [2.05, 4.69) is 5.32 Å². The average Bonchev–Trinajstić information content (AvgIpc) is 2.87. The van der Waals surface area contributed by atoms with Crippen LogP contribution in [-0.2, 0) is 11.2 Å². The van der Waals surface area contributed by atoms with Gasteiger partial charge >= 0.3 is 0 Å². The van der Waals surface area contributed by atoms with Crippen LogP contribution in [0.4, 0.5) is 4.39 Å². The van der Waals surface area contributed by atoms with E-state index in [9.17, 15) is 9.18 Å². The van der Waals surface area contributed by atoms with Gasteiger partial charge in [-0.05, 0) is 55.8 Å². The second-order valence-corrected chi connectivity index (χ2v) is 6.78. The molecule has 0 aliphatic carbocycles. The molecule has 1 aromatic rings. The van der Waals surface area contributed by atoms with Crippen molar-refractivity contribution in [3.05, 3.63) is 35.6 Å². The Kier molecular flexibility index (Phi) is 6.42. The Hall–Kier alpha value is -1.13. The molecular formula is C18H26ClFN2O. The van der Waals surface area contributed by atoms with Crippen LogP contribution in [0.1, 0.15) is 25.3 Å². The van der Waals surface area contributed by atoms with Crippen molar-refractivity contribution in [2.45, 2.75) is 26.2 Å². The summed E-state index contributed by atoms with van der Waals surface area (Å²) in [4.78, 5) is 14.7. The zero-order valence-electron chi connectivity index (χ0n) is 13.6. The molecule has 1 N–H and O–H groups in total. The molecule has 3 nitrogen and oxygen atoms in total. The average molecular weight is 341 g/mol. The molecule has 0 radical (unpaired) electrons. The molecule has 2 aliphatic heterocycles. The molecule has 2 aliphatic rings. The Morgan fingerprint density at radius 2 is 1.87 bits per heavy atom. The second-order valence-electron chi connectivity index (χ2n) is 6.78. The summed E-state index contributed by atoms with van der Waals surface area (Å²) in [6.45, 7) is 5.81. The van der Waals surface area contributed by atoms with Crippen molar-refractivity contribution in [2.24, 2.45) is 17.8 Å².